The number of hydrogen-bond donors (Lipinski definition) is 0. The van der Waals surface area contributed by atoms with Crippen LogP contribution in [0.15, 0.2) is 12.4 Å². The summed E-state index contributed by atoms with van der Waals surface area (Å²) in [7, 11) is 0. The van der Waals surface area contributed by atoms with Crippen LogP contribution < -0.4 is 0 Å². The molecule has 0 aliphatic carbocycles. The lowest BCUT2D eigenvalue weighted by Crippen LogP contribution is -2.28. The van der Waals surface area contributed by atoms with Gasteiger partial charge in [-0.3, -0.25) is 0 Å². The summed E-state index contributed by atoms with van der Waals surface area (Å²) in [6.07, 6.45) is 9.07. The molecular formula is C10H19N2+. The highest BCUT2D eigenvalue weighted by atomic mass is 15.2. The van der Waals surface area contributed by atoms with Crippen LogP contribution in [0.25, 0.3) is 0 Å². The Morgan fingerprint density at radius 1 is 1.33 bits per heavy atom. The predicted octanol–water partition coefficient (Wildman–Crippen LogP) is 1.68. The second kappa shape index (κ2) is 4.96. The van der Waals surface area contributed by atoms with Gasteiger partial charge in [0, 0.05) is 13.0 Å². The van der Waals surface area contributed by atoms with Crippen LogP contribution in [0.4, 0.5) is 0 Å². The first-order valence-electron chi connectivity index (χ1n) is 4.88. The van der Waals surface area contributed by atoms with E-state index in [0.717, 1.165) is 13.1 Å². The lowest BCUT2D eigenvalue weighted by atomic mass is 10.4. The van der Waals surface area contributed by atoms with Crippen molar-refractivity contribution in [3.8, 4) is 0 Å². The third kappa shape index (κ3) is 2.68. The summed E-state index contributed by atoms with van der Waals surface area (Å²) >= 11 is 0. The summed E-state index contributed by atoms with van der Waals surface area (Å²) in [5, 5.41) is 0. The second-order valence-corrected chi connectivity index (χ2v) is 3.21. The molecule has 1 heterocycles. The molecule has 0 bridgehead atoms. The van der Waals surface area contributed by atoms with Gasteiger partial charge < -0.3 is 4.90 Å². The molecule has 0 unspecified atom stereocenters. The molecule has 0 aromatic heterocycles. The highest BCUT2D eigenvalue weighted by Crippen LogP contribution is 1.97. The van der Waals surface area contributed by atoms with Crippen LogP contribution in [0.1, 0.15) is 26.7 Å². The van der Waals surface area contributed by atoms with E-state index < -0.39 is 0 Å². The maximum Gasteiger partial charge on any atom is 0.184 e. The van der Waals surface area contributed by atoms with Crippen LogP contribution in [0.3, 0.4) is 0 Å². The molecule has 68 valence electrons. The fourth-order valence-corrected chi connectivity index (χ4v) is 1.39. The molecule has 0 aromatic carbocycles. The van der Waals surface area contributed by atoms with Crippen molar-refractivity contribution >= 4 is 6.21 Å². The van der Waals surface area contributed by atoms with Gasteiger partial charge in [0.25, 0.3) is 0 Å². The van der Waals surface area contributed by atoms with E-state index in [4.69, 9.17) is 0 Å². The molecule has 0 fully saturated rings. The summed E-state index contributed by atoms with van der Waals surface area (Å²) in [4.78, 5) is 2.34. The summed E-state index contributed by atoms with van der Waals surface area (Å²) in [6, 6.07) is 0. The van der Waals surface area contributed by atoms with Gasteiger partial charge >= 0.3 is 0 Å². The van der Waals surface area contributed by atoms with Crippen LogP contribution in [-0.4, -0.2) is 35.3 Å². The van der Waals surface area contributed by atoms with Crippen LogP contribution in [0.5, 0.6) is 0 Å². The Balaban J connectivity index is 2.33. The Hall–Kier alpha value is -0.790. The minimum atomic E-state index is 1.07. The van der Waals surface area contributed by atoms with Gasteiger partial charge in [0.15, 0.2) is 12.4 Å². The van der Waals surface area contributed by atoms with Crippen LogP contribution in [0.2, 0.25) is 0 Å². The van der Waals surface area contributed by atoms with Crippen molar-refractivity contribution in [1.29, 1.82) is 0 Å². The molecule has 0 spiro atoms. The molecule has 0 saturated carbocycles. The zero-order valence-electron chi connectivity index (χ0n) is 8.16. The van der Waals surface area contributed by atoms with E-state index in [1.807, 2.05) is 0 Å². The summed E-state index contributed by atoms with van der Waals surface area (Å²) in [5.41, 5.74) is 0. The van der Waals surface area contributed by atoms with Gasteiger partial charge in [0.05, 0.1) is 12.7 Å². The molecule has 1 rings (SSSR count). The van der Waals surface area contributed by atoms with Gasteiger partial charge in [0.1, 0.15) is 6.54 Å². The predicted molar refractivity (Wildman–Crippen MR) is 52.5 cm³/mol. The van der Waals surface area contributed by atoms with Crippen molar-refractivity contribution in [2.45, 2.75) is 26.7 Å². The first-order valence-corrected chi connectivity index (χ1v) is 4.88. The fraction of sp³-hybridized carbons (Fsp3) is 0.700. The summed E-state index contributed by atoms with van der Waals surface area (Å²) < 4.78 is 2.27. The SMILES string of the molecule is CCCN1C=C[N+](CCC)=CC1. The molecule has 0 N–H and O–H groups in total. The van der Waals surface area contributed by atoms with Gasteiger partial charge in [-0.25, -0.2) is 4.58 Å². The van der Waals surface area contributed by atoms with Gasteiger partial charge in [-0.1, -0.05) is 13.8 Å². The fourth-order valence-electron chi connectivity index (χ4n) is 1.39. The summed E-state index contributed by atoms with van der Waals surface area (Å²) in [5.74, 6) is 0. The largest absolute Gasteiger partial charge is 0.363 e. The molecule has 1 aliphatic rings. The van der Waals surface area contributed by atoms with Crippen LogP contribution in [-0.2, 0) is 0 Å². The van der Waals surface area contributed by atoms with E-state index in [1.54, 1.807) is 0 Å². The minimum Gasteiger partial charge on any atom is -0.363 e. The minimum absolute atomic E-state index is 1.07. The number of rotatable bonds is 4. The lowest BCUT2D eigenvalue weighted by Gasteiger charge is -2.17. The van der Waals surface area contributed by atoms with Crippen LogP contribution >= 0.6 is 0 Å². The standard InChI is InChI=1S/C10H19N2/c1-3-5-11-7-9-12(6-4-2)10-8-11/h7-9H,3-6,10H2,1-2H3/q+1. The monoisotopic (exact) mass is 167 g/mol. The highest BCUT2D eigenvalue weighted by molar-refractivity contribution is 5.55. The number of nitrogens with zero attached hydrogens (tertiary/aromatic N) is 2. The zero-order chi connectivity index (χ0) is 8.81. The van der Waals surface area contributed by atoms with Crippen molar-refractivity contribution < 1.29 is 4.58 Å². The molecule has 1 aliphatic heterocycles. The molecule has 0 radical (unpaired) electrons. The normalized spacial score (nSPS) is 16.5. The Bertz CT molecular complexity index is 182. The Labute approximate surface area is 75.2 Å². The van der Waals surface area contributed by atoms with Gasteiger partial charge in [-0.15, -0.1) is 0 Å². The van der Waals surface area contributed by atoms with Gasteiger partial charge in [-0.05, 0) is 6.42 Å². The molecule has 0 aromatic rings. The molecule has 0 amide bonds. The Kier molecular flexibility index (Phi) is 3.85. The Morgan fingerprint density at radius 3 is 2.67 bits per heavy atom. The first kappa shape index (κ1) is 9.30. The topological polar surface area (TPSA) is 6.25 Å². The smallest absolute Gasteiger partial charge is 0.184 e. The molecule has 2 nitrogen and oxygen atoms in total. The van der Waals surface area contributed by atoms with E-state index in [9.17, 15) is 0 Å². The van der Waals surface area contributed by atoms with Crippen molar-refractivity contribution in [3.63, 3.8) is 0 Å². The second-order valence-electron chi connectivity index (χ2n) is 3.21. The third-order valence-electron chi connectivity index (χ3n) is 2.01. The molecule has 12 heavy (non-hydrogen) atoms. The van der Waals surface area contributed by atoms with Gasteiger partial charge in [-0.2, -0.15) is 0 Å². The van der Waals surface area contributed by atoms with E-state index >= 15 is 0 Å². The average Bonchev–Trinajstić information content (AvgIpc) is 2.09. The van der Waals surface area contributed by atoms with E-state index in [2.05, 4.69) is 41.9 Å². The quantitative estimate of drug-likeness (QED) is 0.577. The van der Waals surface area contributed by atoms with Crippen LogP contribution in [0, 0.1) is 0 Å². The maximum absolute atomic E-state index is 2.34. The van der Waals surface area contributed by atoms with Crippen molar-refractivity contribution in [1.82, 2.24) is 4.90 Å². The third-order valence-corrected chi connectivity index (χ3v) is 2.01. The zero-order valence-corrected chi connectivity index (χ0v) is 8.16. The van der Waals surface area contributed by atoms with E-state index in [0.29, 0.717) is 0 Å². The first-order chi connectivity index (χ1) is 5.86. The molecule has 2 heteroatoms. The number of hydrogen-bond acceptors (Lipinski definition) is 1. The average molecular weight is 167 g/mol. The van der Waals surface area contributed by atoms with Crippen molar-refractivity contribution in [2.24, 2.45) is 0 Å². The maximum atomic E-state index is 2.34. The summed E-state index contributed by atoms with van der Waals surface area (Å²) in [6.45, 7) is 7.82. The molecular weight excluding hydrogens is 148 g/mol. The van der Waals surface area contributed by atoms with E-state index in [-0.39, 0.29) is 0 Å². The van der Waals surface area contributed by atoms with Crippen molar-refractivity contribution in [3.05, 3.63) is 12.4 Å². The van der Waals surface area contributed by atoms with Gasteiger partial charge in [0.2, 0.25) is 0 Å². The van der Waals surface area contributed by atoms with E-state index in [1.165, 1.54) is 19.4 Å². The molecule has 0 atom stereocenters. The van der Waals surface area contributed by atoms with Crippen molar-refractivity contribution in [2.75, 3.05) is 19.6 Å². The Morgan fingerprint density at radius 2 is 2.17 bits per heavy atom. The molecule has 0 saturated heterocycles. The highest BCUT2D eigenvalue weighted by Gasteiger charge is 2.07. The lowest BCUT2D eigenvalue weighted by molar-refractivity contribution is -0.456.